The summed E-state index contributed by atoms with van der Waals surface area (Å²) in [5, 5.41) is 5.90. The van der Waals surface area contributed by atoms with E-state index < -0.39 is 10.0 Å². The first-order valence-electron chi connectivity index (χ1n) is 9.07. The zero-order chi connectivity index (χ0) is 21.7. The van der Waals surface area contributed by atoms with Gasteiger partial charge in [0.2, 0.25) is 10.0 Å². The molecule has 3 aromatic carbocycles. The van der Waals surface area contributed by atoms with Crippen molar-refractivity contribution in [1.29, 1.82) is 0 Å². The van der Waals surface area contributed by atoms with E-state index in [9.17, 15) is 13.2 Å². The van der Waals surface area contributed by atoms with Crippen molar-refractivity contribution < 1.29 is 17.9 Å². The standard InChI is InChI=1S/C22H21ClN2O4S/c1-25(14-18-7-2-3-11-21(18)30(24,27)28)22(26)17-8-5-10-20(13-17)29-15-16-6-4-9-19(23)12-16/h2-13H,14-15H2,1H3,(H2,24,27,28). The molecule has 0 aliphatic heterocycles. The minimum absolute atomic E-state index is 0.00301. The molecule has 0 saturated heterocycles. The van der Waals surface area contributed by atoms with Crippen LogP contribution in [-0.4, -0.2) is 26.3 Å². The molecule has 156 valence electrons. The number of primary sulfonamides is 1. The van der Waals surface area contributed by atoms with Crippen LogP contribution in [0.5, 0.6) is 5.75 Å². The van der Waals surface area contributed by atoms with Gasteiger partial charge in [-0.1, -0.05) is 48.0 Å². The van der Waals surface area contributed by atoms with Gasteiger partial charge >= 0.3 is 0 Å². The molecule has 0 aromatic heterocycles. The molecule has 6 nitrogen and oxygen atoms in total. The Bertz CT molecular complexity index is 1170. The fourth-order valence-corrected chi connectivity index (χ4v) is 3.95. The molecule has 0 aliphatic carbocycles. The highest BCUT2D eigenvalue weighted by molar-refractivity contribution is 7.89. The Hall–Kier alpha value is -2.87. The maximum absolute atomic E-state index is 12.9. The third-order valence-electron chi connectivity index (χ3n) is 4.41. The lowest BCUT2D eigenvalue weighted by atomic mass is 10.1. The van der Waals surface area contributed by atoms with Crippen molar-refractivity contribution in [3.63, 3.8) is 0 Å². The van der Waals surface area contributed by atoms with E-state index in [0.29, 0.717) is 28.5 Å². The van der Waals surface area contributed by atoms with Gasteiger partial charge in [0, 0.05) is 24.2 Å². The molecule has 0 aliphatic rings. The minimum atomic E-state index is -3.88. The second-order valence-electron chi connectivity index (χ2n) is 6.76. The predicted octanol–water partition coefficient (Wildman–Crippen LogP) is 3.84. The van der Waals surface area contributed by atoms with Gasteiger partial charge in [-0.3, -0.25) is 4.79 Å². The van der Waals surface area contributed by atoms with Crippen LogP contribution >= 0.6 is 11.6 Å². The number of nitrogens with two attached hydrogens (primary N) is 1. The molecule has 30 heavy (non-hydrogen) atoms. The number of halogens is 1. The van der Waals surface area contributed by atoms with Crippen molar-refractivity contribution in [3.8, 4) is 5.75 Å². The van der Waals surface area contributed by atoms with Crippen LogP contribution in [0.2, 0.25) is 5.02 Å². The average Bonchev–Trinajstić information content (AvgIpc) is 2.71. The lowest BCUT2D eigenvalue weighted by Crippen LogP contribution is -2.27. The third kappa shape index (κ3) is 5.60. The smallest absolute Gasteiger partial charge is 0.254 e. The van der Waals surface area contributed by atoms with Crippen LogP contribution < -0.4 is 9.88 Å². The van der Waals surface area contributed by atoms with Crippen molar-refractivity contribution in [2.45, 2.75) is 18.0 Å². The quantitative estimate of drug-likeness (QED) is 0.599. The van der Waals surface area contributed by atoms with Gasteiger partial charge in [-0.25, -0.2) is 13.6 Å². The first-order valence-corrected chi connectivity index (χ1v) is 11.0. The number of ether oxygens (including phenoxy) is 1. The number of hydrogen-bond donors (Lipinski definition) is 1. The second kappa shape index (κ2) is 9.30. The number of benzene rings is 3. The number of amides is 1. The number of carbonyl (C=O) groups excluding carboxylic acids is 1. The molecular formula is C22H21ClN2O4S. The van der Waals surface area contributed by atoms with Crippen LogP contribution in [0.4, 0.5) is 0 Å². The van der Waals surface area contributed by atoms with E-state index in [-0.39, 0.29) is 17.3 Å². The highest BCUT2D eigenvalue weighted by Gasteiger charge is 2.18. The van der Waals surface area contributed by atoms with Crippen molar-refractivity contribution >= 4 is 27.5 Å². The van der Waals surface area contributed by atoms with Crippen LogP contribution in [0.3, 0.4) is 0 Å². The van der Waals surface area contributed by atoms with Crippen LogP contribution in [0.25, 0.3) is 0 Å². The summed E-state index contributed by atoms with van der Waals surface area (Å²) in [5.41, 5.74) is 1.79. The molecule has 1 amide bonds. The van der Waals surface area contributed by atoms with E-state index in [1.165, 1.54) is 11.0 Å². The number of carbonyl (C=O) groups is 1. The maximum Gasteiger partial charge on any atom is 0.254 e. The van der Waals surface area contributed by atoms with E-state index in [1.807, 2.05) is 18.2 Å². The highest BCUT2D eigenvalue weighted by Crippen LogP contribution is 2.20. The number of nitrogens with zero attached hydrogens (tertiary/aromatic N) is 1. The molecule has 0 radical (unpaired) electrons. The molecule has 0 unspecified atom stereocenters. The zero-order valence-electron chi connectivity index (χ0n) is 16.3. The molecule has 3 aromatic rings. The maximum atomic E-state index is 12.9. The third-order valence-corrected chi connectivity index (χ3v) is 5.66. The first kappa shape index (κ1) is 21.8. The molecule has 8 heteroatoms. The average molecular weight is 445 g/mol. The summed E-state index contributed by atoms with van der Waals surface area (Å²) in [6, 6.07) is 20.5. The summed E-state index contributed by atoms with van der Waals surface area (Å²) >= 11 is 5.98. The van der Waals surface area contributed by atoms with Gasteiger partial charge in [0.25, 0.3) is 5.91 Å². The van der Waals surface area contributed by atoms with E-state index in [0.717, 1.165) is 5.56 Å². The lowest BCUT2D eigenvalue weighted by Gasteiger charge is -2.19. The van der Waals surface area contributed by atoms with Gasteiger partial charge in [0.05, 0.1) is 4.90 Å². The monoisotopic (exact) mass is 444 g/mol. The van der Waals surface area contributed by atoms with Crippen LogP contribution in [-0.2, 0) is 23.2 Å². The summed E-state index contributed by atoms with van der Waals surface area (Å²) in [4.78, 5) is 14.3. The predicted molar refractivity (Wildman–Crippen MR) is 116 cm³/mol. The minimum Gasteiger partial charge on any atom is -0.489 e. The summed E-state index contributed by atoms with van der Waals surface area (Å²) < 4.78 is 29.3. The Morgan fingerprint density at radius 1 is 1.03 bits per heavy atom. The van der Waals surface area contributed by atoms with Crippen molar-refractivity contribution in [3.05, 3.63) is 94.5 Å². The fraction of sp³-hybridized carbons (Fsp3) is 0.136. The number of sulfonamides is 1. The zero-order valence-corrected chi connectivity index (χ0v) is 17.9. The Morgan fingerprint density at radius 2 is 1.77 bits per heavy atom. The molecule has 0 bridgehead atoms. The van der Waals surface area contributed by atoms with Crippen molar-refractivity contribution in [1.82, 2.24) is 4.90 Å². The lowest BCUT2D eigenvalue weighted by molar-refractivity contribution is 0.0783. The van der Waals surface area contributed by atoms with Gasteiger partial charge in [0.15, 0.2) is 0 Å². The molecule has 2 N–H and O–H groups in total. The van der Waals surface area contributed by atoms with Crippen LogP contribution in [0, 0.1) is 0 Å². The Balaban J connectivity index is 1.72. The summed E-state index contributed by atoms with van der Waals surface area (Å²) in [6.07, 6.45) is 0. The summed E-state index contributed by atoms with van der Waals surface area (Å²) in [5.74, 6) is 0.270. The van der Waals surface area contributed by atoms with Crippen LogP contribution in [0.15, 0.2) is 77.7 Å². The first-order chi connectivity index (χ1) is 14.2. The van der Waals surface area contributed by atoms with Crippen molar-refractivity contribution in [2.24, 2.45) is 5.14 Å². The SMILES string of the molecule is CN(Cc1ccccc1S(N)(=O)=O)C(=O)c1cccc(OCc2cccc(Cl)c2)c1. The van der Waals surface area contributed by atoms with Crippen LogP contribution in [0.1, 0.15) is 21.5 Å². The second-order valence-corrected chi connectivity index (χ2v) is 8.73. The van der Waals surface area contributed by atoms with E-state index >= 15 is 0 Å². The van der Waals surface area contributed by atoms with E-state index in [2.05, 4.69) is 0 Å². The topological polar surface area (TPSA) is 89.7 Å². The van der Waals surface area contributed by atoms with Gasteiger partial charge in [-0.05, 0) is 47.5 Å². The Labute approximate surface area is 180 Å². The summed E-state index contributed by atoms with van der Waals surface area (Å²) in [6.45, 7) is 0.412. The Kier molecular flexibility index (Phi) is 6.77. The van der Waals surface area contributed by atoms with Gasteiger partial charge in [-0.15, -0.1) is 0 Å². The molecule has 0 atom stereocenters. The van der Waals surface area contributed by atoms with Gasteiger partial charge in [-0.2, -0.15) is 0 Å². The fourth-order valence-electron chi connectivity index (χ4n) is 2.97. The molecule has 0 heterocycles. The summed E-state index contributed by atoms with van der Waals surface area (Å²) in [7, 11) is -2.28. The molecule has 0 saturated carbocycles. The van der Waals surface area contributed by atoms with Gasteiger partial charge in [0.1, 0.15) is 12.4 Å². The molecule has 0 fully saturated rings. The normalized spacial score (nSPS) is 11.2. The Morgan fingerprint density at radius 3 is 2.50 bits per heavy atom. The van der Waals surface area contributed by atoms with E-state index in [4.69, 9.17) is 21.5 Å². The number of rotatable bonds is 7. The molecule has 3 rings (SSSR count). The molecular weight excluding hydrogens is 424 g/mol. The van der Waals surface area contributed by atoms with E-state index in [1.54, 1.807) is 55.6 Å². The molecule has 0 spiro atoms. The largest absolute Gasteiger partial charge is 0.489 e. The highest BCUT2D eigenvalue weighted by atomic mass is 35.5. The van der Waals surface area contributed by atoms with Crippen molar-refractivity contribution in [2.75, 3.05) is 7.05 Å². The number of hydrogen-bond acceptors (Lipinski definition) is 4. The van der Waals surface area contributed by atoms with Gasteiger partial charge < -0.3 is 9.64 Å².